The Morgan fingerprint density at radius 1 is 1.00 bits per heavy atom. The molecule has 1 aliphatic rings. The Bertz CT molecular complexity index is 856. The van der Waals surface area contributed by atoms with E-state index in [1.807, 2.05) is 24.3 Å². The molecule has 1 amide bonds. The third kappa shape index (κ3) is 1.60. The molecule has 0 unspecified atom stereocenters. The molecule has 1 aliphatic heterocycles. The van der Waals surface area contributed by atoms with Gasteiger partial charge in [0.25, 0.3) is 5.91 Å². The summed E-state index contributed by atoms with van der Waals surface area (Å²) in [6, 6.07) is 12.1. The third-order valence-corrected chi connectivity index (χ3v) is 4.39. The van der Waals surface area contributed by atoms with E-state index < -0.39 is 0 Å². The SMILES string of the molecule is O=C1Nc2cc(F)ccc2Nc2sc3ccccc3c21. The largest absolute Gasteiger partial charge is 0.345 e. The number of benzene rings is 2. The normalized spacial score (nSPS) is 13.2. The van der Waals surface area contributed by atoms with Crippen molar-refractivity contribution in [3.05, 3.63) is 53.8 Å². The highest BCUT2D eigenvalue weighted by molar-refractivity contribution is 7.23. The number of anilines is 3. The molecule has 3 aromatic rings. The van der Waals surface area contributed by atoms with Crippen LogP contribution < -0.4 is 10.6 Å². The van der Waals surface area contributed by atoms with E-state index in [2.05, 4.69) is 10.6 Å². The van der Waals surface area contributed by atoms with Gasteiger partial charge in [-0.2, -0.15) is 0 Å². The third-order valence-electron chi connectivity index (χ3n) is 3.30. The predicted molar refractivity (Wildman–Crippen MR) is 79.5 cm³/mol. The zero-order valence-corrected chi connectivity index (χ0v) is 11.1. The second kappa shape index (κ2) is 4.05. The fraction of sp³-hybridized carbons (Fsp3) is 0. The van der Waals surface area contributed by atoms with E-state index >= 15 is 0 Å². The summed E-state index contributed by atoms with van der Waals surface area (Å²) in [4.78, 5) is 12.4. The second-order valence-corrected chi connectivity index (χ2v) is 5.62. The van der Waals surface area contributed by atoms with E-state index in [1.54, 1.807) is 6.07 Å². The van der Waals surface area contributed by atoms with Gasteiger partial charge in [0.15, 0.2) is 0 Å². The van der Waals surface area contributed by atoms with Crippen LogP contribution in [0.15, 0.2) is 42.5 Å². The molecule has 2 N–H and O–H groups in total. The van der Waals surface area contributed by atoms with Gasteiger partial charge in [-0.05, 0) is 24.3 Å². The molecule has 0 bridgehead atoms. The van der Waals surface area contributed by atoms with E-state index in [0.717, 1.165) is 15.1 Å². The van der Waals surface area contributed by atoms with Gasteiger partial charge in [-0.15, -0.1) is 11.3 Å². The van der Waals surface area contributed by atoms with E-state index in [4.69, 9.17) is 0 Å². The Labute approximate surface area is 118 Å². The van der Waals surface area contributed by atoms with Gasteiger partial charge in [0.1, 0.15) is 10.8 Å². The van der Waals surface area contributed by atoms with Crippen molar-refractivity contribution in [3.63, 3.8) is 0 Å². The number of fused-ring (bicyclic) bond motifs is 4. The number of amides is 1. The standard InChI is InChI=1S/C15H9FN2OS/c16-8-5-6-10-11(7-8)17-14(19)13-9-3-1-2-4-12(9)20-15(13)18-10/h1-7,18H,(H,17,19). The van der Waals surface area contributed by atoms with E-state index in [0.29, 0.717) is 16.9 Å². The molecule has 2 heterocycles. The first-order valence-corrected chi connectivity index (χ1v) is 6.93. The van der Waals surface area contributed by atoms with Crippen LogP contribution in [0.25, 0.3) is 10.1 Å². The average Bonchev–Trinajstić information content (AvgIpc) is 2.73. The first-order valence-electron chi connectivity index (χ1n) is 6.12. The molecular formula is C15H9FN2OS. The summed E-state index contributed by atoms with van der Waals surface area (Å²) in [6.45, 7) is 0. The molecule has 0 saturated heterocycles. The molecule has 0 atom stereocenters. The minimum absolute atomic E-state index is 0.214. The molecule has 98 valence electrons. The molecule has 0 saturated carbocycles. The summed E-state index contributed by atoms with van der Waals surface area (Å²) in [7, 11) is 0. The second-order valence-electron chi connectivity index (χ2n) is 4.57. The van der Waals surface area contributed by atoms with Crippen molar-refractivity contribution < 1.29 is 9.18 Å². The maximum absolute atomic E-state index is 13.3. The number of carbonyl (C=O) groups excluding carboxylic acids is 1. The van der Waals surface area contributed by atoms with E-state index in [9.17, 15) is 9.18 Å². The summed E-state index contributed by atoms with van der Waals surface area (Å²) < 4.78 is 14.3. The van der Waals surface area contributed by atoms with Crippen LogP contribution in [0.3, 0.4) is 0 Å². The monoisotopic (exact) mass is 284 g/mol. The van der Waals surface area contributed by atoms with Gasteiger partial charge in [0.05, 0.1) is 16.9 Å². The molecular weight excluding hydrogens is 275 g/mol. The van der Waals surface area contributed by atoms with Crippen LogP contribution in [0.2, 0.25) is 0 Å². The van der Waals surface area contributed by atoms with Crippen LogP contribution in [0.4, 0.5) is 20.8 Å². The number of nitrogens with one attached hydrogen (secondary N) is 2. The van der Waals surface area contributed by atoms with Gasteiger partial charge in [-0.3, -0.25) is 4.79 Å². The Balaban J connectivity index is 1.97. The summed E-state index contributed by atoms with van der Waals surface area (Å²) in [5.74, 6) is -0.588. The van der Waals surface area contributed by atoms with Crippen LogP contribution in [0.1, 0.15) is 10.4 Å². The van der Waals surface area contributed by atoms with Gasteiger partial charge < -0.3 is 10.6 Å². The van der Waals surface area contributed by atoms with Crippen molar-refractivity contribution in [1.29, 1.82) is 0 Å². The highest BCUT2D eigenvalue weighted by atomic mass is 32.1. The molecule has 3 nitrogen and oxygen atoms in total. The number of rotatable bonds is 0. The Hall–Kier alpha value is -2.40. The first-order chi connectivity index (χ1) is 9.72. The molecule has 2 aromatic carbocycles. The van der Waals surface area contributed by atoms with Crippen molar-refractivity contribution in [2.45, 2.75) is 0 Å². The topological polar surface area (TPSA) is 41.1 Å². The van der Waals surface area contributed by atoms with Gasteiger partial charge in [-0.1, -0.05) is 18.2 Å². The van der Waals surface area contributed by atoms with E-state index in [1.165, 1.54) is 23.5 Å². The highest BCUT2D eigenvalue weighted by Gasteiger charge is 2.23. The number of hydrogen-bond acceptors (Lipinski definition) is 3. The molecule has 0 spiro atoms. The first kappa shape index (κ1) is 11.4. The Morgan fingerprint density at radius 2 is 1.85 bits per heavy atom. The maximum Gasteiger partial charge on any atom is 0.259 e. The van der Waals surface area contributed by atoms with Crippen LogP contribution in [-0.2, 0) is 0 Å². The molecule has 0 fully saturated rings. The van der Waals surface area contributed by atoms with Crippen molar-refractivity contribution in [1.82, 2.24) is 0 Å². The van der Waals surface area contributed by atoms with Crippen LogP contribution in [0.5, 0.6) is 0 Å². The smallest absolute Gasteiger partial charge is 0.259 e. The Kier molecular flexibility index (Phi) is 2.31. The molecule has 0 radical (unpaired) electrons. The number of carbonyl (C=O) groups is 1. The summed E-state index contributed by atoms with van der Waals surface area (Å²) >= 11 is 1.52. The van der Waals surface area contributed by atoms with Crippen LogP contribution >= 0.6 is 11.3 Å². The zero-order valence-electron chi connectivity index (χ0n) is 10.2. The molecule has 0 aliphatic carbocycles. The molecule has 4 rings (SSSR count). The summed E-state index contributed by atoms with van der Waals surface area (Å²) in [5, 5.41) is 7.68. The van der Waals surface area contributed by atoms with Gasteiger partial charge in [0, 0.05) is 10.1 Å². The van der Waals surface area contributed by atoms with Crippen molar-refractivity contribution in [3.8, 4) is 0 Å². The lowest BCUT2D eigenvalue weighted by atomic mass is 10.1. The predicted octanol–water partition coefficient (Wildman–Crippen LogP) is 4.35. The van der Waals surface area contributed by atoms with Crippen LogP contribution in [0, 0.1) is 5.82 Å². The molecule has 5 heteroatoms. The highest BCUT2D eigenvalue weighted by Crippen LogP contribution is 2.41. The lowest BCUT2D eigenvalue weighted by molar-refractivity contribution is 0.103. The fourth-order valence-electron chi connectivity index (χ4n) is 2.39. The maximum atomic E-state index is 13.3. The number of thiophene rings is 1. The van der Waals surface area contributed by atoms with Crippen molar-refractivity contribution in [2.24, 2.45) is 0 Å². The lowest BCUT2D eigenvalue weighted by Crippen LogP contribution is -2.10. The van der Waals surface area contributed by atoms with Crippen molar-refractivity contribution >= 4 is 43.7 Å². The van der Waals surface area contributed by atoms with E-state index in [-0.39, 0.29) is 11.7 Å². The van der Waals surface area contributed by atoms with Gasteiger partial charge in [0.2, 0.25) is 0 Å². The average molecular weight is 284 g/mol. The minimum Gasteiger partial charge on any atom is -0.345 e. The zero-order chi connectivity index (χ0) is 13.7. The molecule has 20 heavy (non-hydrogen) atoms. The minimum atomic E-state index is -0.374. The number of halogens is 1. The number of hydrogen-bond donors (Lipinski definition) is 2. The van der Waals surface area contributed by atoms with Crippen LogP contribution in [-0.4, -0.2) is 5.91 Å². The molecule has 1 aromatic heterocycles. The summed E-state index contributed by atoms with van der Waals surface area (Å²) in [5.41, 5.74) is 1.77. The lowest BCUT2D eigenvalue weighted by Gasteiger charge is -2.07. The van der Waals surface area contributed by atoms with Gasteiger partial charge >= 0.3 is 0 Å². The van der Waals surface area contributed by atoms with Gasteiger partial charge in [-0.25, -0.2) is 4.39 Å². The van der Waals surface area contributed by atoms with Crippen molar-refractivity contribution in [2.75, 3.05) is 10.6 Å². The Morgan fingerprint density at radius 3 is 2.75 bits per heavy atom. The fourth-order valence-corrected chi connectivity index (χ4v) is 3.51. The summed E-state index contributed by atoms with van der Waals surface area (Å²) in [6.07, 6.45) is 0. The quantitative estimate of drug-likeness (QED) is 0.644.